The molecule has 1 aromatic rings. The number of fused-ring (bicyclic) bond motifs is 2. The molecule has 3 fully saturated rings. The monoisotopic (exact) mass is 390 g/mol. The smallest absolute Gasteiger partial charge is 0.242 e. The van der Waals surface area contributed by atoms with Gasteiger partial charge in [-0.3, -0.25) is 19.3 Å². The molecule has 2 saturated heterocycles. The quantitative estimate of drug-likeness (QED) is 0.733. The number of likely N-dealkylation sites (tertiary alicyclic amines) is 1. The zero-order valence-electron chi connectivity index (χ0n) is 16.1. The number of piperidine rings is 1. The van der Waals surface area contributed by atoms with Crippen LogP contribution in [0.15, 0.2) is 11.6 Å². The SMILES string of the molecule is CC1(C)[C@@H]2CC[C@@]1(C)C(=O)N(CC(=O)N1CCN(c3nccs3)CC1)C2=O. The molecule has 1 saturated carbocycles. The number of nitrogens with zero attached hydrogens (tertiary/aromatic N) is 4. The summed E-state index contributed by atoms with van der Waals surface area (Å²) >= 11 is 1.59. The normalized spacial score (nSPS) is 30.2. The molecule has 0 aromatic carbocycles. The van der Waals surface area contributed by atoms with E-state index in [2.05, 4.69) is 9.88 Å². The molecule has 0 spiro atoms. The van der Waals surface area contributed by atoms with Crippen molar-refractivity contribution in [3.8, 4) is 0 Å². The molecule has 2 atom stereocenters. The van der Waals surface area contributed by atoms with E-state index < -0.39 is 5.41 Å². The first kappa shape index (κ1) is 18.4. The Bertz CT molecular complexity index is 770. The lowest BCUT2D eigenvalue weighted by Gasteiger charge is -2.47. The van der Waals surface area contributed by atoms with Crippen molar-refractivity contribution in [2.45, 2.75) is 33.6 Å². The van der Waals surface area contributed by atoms with E-state index in [0.717, 1.165) is 11.6 Å². The Morgan fingerprint density at radius 2 is 1.93 bits per heavy atom. The highest BCUT2D eigenvalue weighted by molar-refractivity contribution is 7.13. The Morgan fingerprint density at radius 1 is 1.22 bits per heavy atom. The number of hydrogen-bond donors (Lipinski definition) is 0. The number of carbonyl (C=O) groups excluding carboxylic acids is 3. The fraction of sp³-hybridized carbons (Fsp3) is 0.684. The average molecular weight is 391 g/mol. The third-order valence-electron chi connectivity index (χ3n) is 7.12. The molecular formula is C19H26N4O3S. The Kier molecular flexibility index (Phi) is 4.29. The van der Waals surface area contributed by atoms with Crippen LogP contribution in [0.5, 0.6) is 0 Å². The second kappa shape index (κ2) is 6.29. The highest BCUT2D eigenvalue weighted by Gasteiger charge is 2.64. The van der Waals surface area contributed by atoms with Gasteiger partial charge in [0, 0.05) is 43.7 Å². The van der Waals surface area contributed by atoms with Gasteiger partial charge in [-0.05, 0) is 18.3 Å². The molecule has 8 heteroatoms. The predicted octanol–water partition coefficient (Wildman–Crippen LogP) is 1.60. The van der Waals surface area contributed by atoms with Crippen molar-refractivity contribution in [1.29, 1.82) is 0 Å². The molecule has 3 amide bonds. The van der Waals surface area contributed by atoms with Crippen LogP contribution in [0.2, 0.25) is 0 Å². The summed E-state index contributed by atoms with van der Waals surface area (Å²) in [5.41, 5.74) is -0.907. The van der Waals surface area contributed by atoms with E-state index >= 15 is 0 Å². The number of hydrogen-bond acceptors (Lipinski definition) is 6. The Morgan fingerprint density at radius 3 is 2.56 bits per heavy atom. The summed E-state index contributed by atoms with van der Waals surface area (Å²) in [5, 5.41) is 2.91. The zero-order valence-corrected chi connectivity index (χ0v) is 16.9. The maximum atomic E-state index is 13.1. The fourth-order valence-electron chi connectivity index (χ4n) is 4.81. The second-order valence-electron chi connectivity index (χ2n) is 8.56. The molecule has 7 nitrogen and oxygen atoms in total. The standard InChI is InChI=1S/C19H26N4O3S/c1-18(2)13-4-5-19(18,3)16(26)23(15(13)25)12-14(24)21-7-9-22(10-8-21)17-20-6-11-27-17/h6,11,13H,4-5,7-10,12H2,1-3H3/t13-,19+/m1/s1. The summed E-state index contributed by atoms with van der Waals surface area (Å²) in [6, 6.07) is 0. The van der Waals surface area contributed by atoms with E-state index in [9.17, 15) is 14.4 Å². The highest BCUT2D eigenvalue weighted by atomic mass is 32.1. The second-order valence-corrected chi connectivity index (χ2v) is 9.43. The summed E-state index contributed by atoms with van der Waals surface area (Å²) in [6.07, 6.45) is 3.22. The van der Waals surface area contributed by atoms with Gasteiger partial charge in [-0.15, -0.1) is 11.3 Å². The highest BCUT2D eigenvalue weighted by Crippen LogP contribution is 2.59. The number of aromatic nitrogens is 1. The van der Waals surface area contributed by atoms with Crippen LogP contribution in [-0.2, 0) is 14.4 Å². The average Bonchev–Trinajstić information content (AvgIpc) is 3.24. The zero-order chi connectivity index (χ0) is 19.4. The van der Waals surface area contributed by atoms with E-state index in [1.54, 1.807) is 22.4 Å². The van der Waals surface area contributed by atoms with Crippen molar-refractivity contribution in [2.75, 3.05) is 37.6 Å². The molecule has 1 aliphatic carbocycles. The summed E-state index contributed by atoms with van der Waals surface area (Å²) in [5.74, 6) is -0.663. The summed E-state index contributed by atoms with van der Waals surface area (Å²) in [4.78, 5) is 48.2. The van der Waals surface area contributed by atoms with Gasteiger partial charge in [0.2, 0.25) is 17.7 Å². The van der Waals surface area contributed by atoms with E-state index in [-0.39, 0.29) is 35.6 Å². The predicted molar refractivity (Wildman–Crippen MR) is 102 cm³/mol. The van der Waals surface area contributed by atoms with Gasteiger partial charge in [-0.1, -0.05) is 20.8 Å². The maximum Gasteiger partial charge on any atom is 0.242 e. The molecule has 146 valence electrons. The fourth-order valence-corrected chi connectivity index (χ4v) is 5.50. The first-order valence-electron chi connectivity index (χ1n) is 9.54. The van der Waals surface area contributed by atoms with Crippen LogP contribution in [0.25, 0.3) is 0 Å². The van der Waals surface area contributed by atoms with Crippen molar-refractivity contribution in [3.63, 3.8) is 0 Å². The lowest BCUT2D eigenvalue weighted by molar-refractivity contribution is -0.170. The number of amides is 3. The molecule has 27 heavy (non-hydrogen) atoms. The third-order valence-corrected chi connectivity index (χ3v) is 7.96. The first-order chi connectivity index (χ1) is 12.8. The Labute approximate surface area is 163 Å². The number of anilines is 1. The molecule has 2 aliphatic heterocycles. The van der Waals surface area contributed by atoms with Crippen LogP contribution in [0.1, 0.15) is 33.6 Å². The van der Waals surface area contributed by atoms with Gasteiger partial charge in [0.25, 0.3) is 0 Å². The summed E-state index contributed by atoms with van der Waals surface area (Å²) < 4.78 is 0. The molecule has 0 unspecified atom stereocenters. The topological polar surface area (TPSA) is 73.8 Å². The van der Waals surface area contributed by atoms with Crippen molar-refractivity contribution < 1.29 is 14.4 Å². The molecule has 2 bridgehead atoms. The van der Waals surface area contributed by atoms with E-state index in [1.165, 1.54) is 4.90 Å². The van der Waals surface area contributed by atoms with Crippen LogP contribution in [-0.4, -0.2) is 65.2 Å². The molecular weight excluding hydrogens is 364 g/mol. The Hall–Kier alpha value is -1.96. The Balaban J connectivity index is 1.42. The van der Waals surface area contributed by atoms with Gasteiger partial charge in [0.15, 0.2) is 5.13 Å². The first-order valence-corrected chi connectivity index (χ1v) is 10.4. The molecule has 0 radical (unpaired) electrons. The molecule has 4 rings (SSSR count). The van der Waals surface area contributed by atoms with Gasteiger partial charge >= 0.3 is 0 Å². The number of imide groups is 1. The van der Waals surface area contributed by atoms with Crippen molar-refractivity contribution in [1.82, 2.24) is 14.8 Å². The van der Waals surface area contributed by atoms with Gasteiger partial charge in [0.05, 0.1) is 5.41 Å². The molecule has 3 heterocycles. The minimum absolute atomic E-state index is 0.128. The molecule has 3 aliphatic rings. The van der Waals surface area contributed by atoms with Gasteiger partial charge < -0.3 is 9.80 Å². The van der Waals surface area contributed by atoms with E-state index in [4.69, 9.17) is 0 Å². The van der Waals surface area contributed by atoms with Crippen molar-refractivity contribution in [2.24, 2.45) is 16.7 Å². The van der Waals surface area contributed by atoms with Gasteiger partial charge in [0.1, 0.15) is 6.54 Å². The largest absolute Gasteiger partial charge is 0.345 e. The number of piperazine rings is 1. The minimum Gasteiger partial charge on any atom is -0.345 e. The van der Waals surface area contributed by atoms with Crippen LogP contribution in [0.3, 0.4) is 0 Å². The van der Waals surface area contributed by atoms with Crippen LogP contribution in [0, 0.1) is 16.7 Å². The summed E-state index contributed by atoms with van der Waals surface area (Å²) in [6.45, 7) is 8.45. The van der Waals surface area contributed by atoms with E-state index in [0.29, 0.717) is 32.6 Å². The molecule has 1 aromatic heterocycles. The molecule has 0 N–H and O–H groups in total. The van der Waals surface area contributed by atoms with Gasteiger partial charge in [-0.25, -0.2) is 4.98 Å². The van der Waals surface area contributed by atoms with Crippen LogP contribution < -0.4 is 4.90 Å². The lowest BCUT2D eigenvalue weighted by atomic mass is 9.62. The number of carbonyl (C=O) groups is 3. The maximum absolute atomic E-state index is 13.1. The third kappa shape index (κ3) is 2.68. The number of rotatable bonds is 3. The minimum atomic E-state index is -0.560. The van der Waals surface area contributed by atoms with Crippen molar-refractivity contribution >= 4 is 34.2 Å². The van der Waals surface area contributed by atoms with Gasteiger partial charge in [-0.2, -0.15) is 0 Å². The van der Waals surface area contributed by atoms with E-state index in [1.807, 2.05) is 26.2 Å². The van der Waals surface area contributed by atoms with Crippen LogP contribution in [0.4, 0.5) is 5.13 Å². The lowest BCUT2D eigenvalue weighted by Crippen LogP contribution is -2.61. The van der Waals surface area contributed by atoms with Crippen LogP contribution >= 0.6 is 11.3 Å². The summed E-state index contributed by atoms with van der Waals surface area (Å²) in [7, 11) is 0. The van der Waals surface area contributed by atoms with Crippen molar-refractivity contribution in [3.05, 3.63) is 11.6 Å². The number of thiazole rings is 1.